The van der Waals surface area contributed by atoms with Gasteiger partial charge in [-0.25, -0.2) is 8.78 Å². The molecule has 0 saturated heterocycles. The Labute approximate surface area is 62.9 Å². The number of hydrogen-bond donors (Lipinski definition) is 0. The Hall–Kier alpha value is -1.43. The van der Waals surface area contributed by atoms with Gasteiger partial charge in [-0.05, 0) is 17.7 Å². The van der Waals surface area contributed by atoms with Crippen LogP contribution in [0.4, 0.5) is 8.78 Å². The first-order valence-corrected chi connectivity index (χ1v) is 3.02. The summed E-state index contributed by atoms with van der Waals surface area (Å²) in [6.07, 6.45) is 0. The van der Waals surface area contributed by atoms with E-state index in [0.717, 1.165) is 6.07 Å². The molecule has 0 heterocycles. The predicted octanol–water partition coefficient (Wildman–Crippen LogP) is 2.17. The molecule has 0 unspecified atom stereocenters. The fourth-order valence-corrected chi connectivity index (χ4v) is 0.741. The highest BCUT2D eigenvalue weighted by atomic mass is 19.1. The molecule has 56 valence electrons. The van der Waals surface area contributed by atoms with E-state index in [4.69, 9.17) is 5.26 Å². The average molecular weight is 153 g/mol. The summed E-state index contributed by atoms with van der Waals surface area (Å²) in [5.74, 6) is -0.607. The van der Waals surface area contributed by atoms with Gasteiger partial charge in [0.2, 0.25) is 0 Å². The zero-order valence-corrected chi connectivity index (χ0v) is 5.64. The highest BCUT2D eigenvalue weighted by Crippen LogP contribution is 2.09. The maximum atomic E-state index is 12.6. The first-order valence-electron chi connectivity index (χ1n) is 3.02. The second-order valence-corrected chi connectivity index (χ2v) is 2.06. The van der Waals surface area contributed by atoms with Crippen molar-refractivity contribution < 1.29 is 8.78 Å². The molecule has 0 radical (unpaired) electrons. The molecule has 3 heteroatoms. The molecule has 1 rings (SSSR count). The molecule has 0 amide bonds. The maximum Gasteiger partial charge on any atom is 0.140 e. The van der Waals surface area contributed by atoms with Crippen LogP contribution in [0.2, 0.25) is 0 Å². The zero-order valence-electron chi connectivity index (χ0n) is 5.64. The molecule has 11 heavy (non-hydrogen) atoms. The monoisotopic (exact) mass is 153 g/mol. The summed E-state index contributed by atoms with van der Waals surface area (Å²) in [5.41, 5.74) is 0.211. The van der Waals surface area contributed by atoms with E-state index in [1.54, 1.807) is 6.07 Å². The van der Waals surface area contributed by atoms with Crippen LogP contribution in [0.15, 0.2) is 18.2 Å². The lowest BCUT2D eigenvalue weighted by Crippen LogP contribution is -1.86. The molecule has 0 bridgehead atoms. The number of rotatable bonds is 1. The zero-order chi connectivity index (χ0) is 8.27. The number of benzene rings is 1. The van der Waals surface area contributed by atoms with Crippen LogP contribution in [-0.2, 0) is 6.67 Å². The van der Waals surface area contributed by atoms with Gasteiger partial charge in [-0.3, -0.25) is 0 Å². The van der Waals surface area contributed by atoms with Crippen LogP contribution >= 0.6 is 0 Å². The molecular weight excluding hydrogens is 148 g/mol. The summed E-state index contributed by atoms with van der Waals surface area (Å²) >= 11 is 0. The Bertz CT molecular complexity index is 301. The Balaban J connectivity index is 3.15. The van der Waals surface area contributed by atoms with Crippen LogP contribution in [-0.4, -0.2) is 0 Å². The molecule has 0 N–H and O–H groups in total. The van der Waals surface area contributed by atoms with Crippen molar-refractivity contribution in [2.24, 2.45) is 0 Å². The molecule has 0 atom stereocenters. The van der Waals surface area contributed by atoms with E-state index in [9.17, 15) is 8.78 Å². The third kappa shape index (κ3) is 1.53. The Kier molecular flexibility index (Phi) is 2.17. The number of hydrogen-bond acceptors (Lipinski definition) is 1. The van der Waals surface area contributed by atoms with Gasteiger partial charge in [0.15, 0.2) is 0 Å². The van der Waals surface area contributed by atoms with Crippen molar-refractivity contribution in [3.63, 3.8) is 0 Å². The van der Waals surface area contributed by atoms with Crippen molar-refractivity contribution in [3.05, 3.63) is 35.1 Å². The molecule has 0 spiro atoms. The van der Waals surface area contributed by atoms with E-state index in [1.807, 2.05) is 0 Å². The Morgan fingerprint density at radius 2 is 2.18 bits per heavy atom. The van der Waals surface area contributed by atoms with E-state index in [1.165, 1.54) is 12.1 Å². The second kappa shape index (κ2) is 3.11. The van der Waals surface area contributed by atoms with Gasteiger partial charge in [0.25, 0.3) is 0 Å². The highest BCUT2D eigenvalue weighted by Gasteiger charge is 2.01. The van der Waals surface area contributed by atoms with Crippen molar-refractivity contribution in [1.82, 2.24) is 0 Å². The van der Waals surface area contributed by atoms with Crippen LogP contribution in [0.3, 0.4) is 0 Å². The second-order valence-electron chi connectivity index (χ2n) is 2.06. The van der Waals surface area contributed by atoms with Crippen molar-refractivity contribution in [3.8, 4) is 6.07 Å². The summed E-state index contributed by atoms with van der Waals surface area (Å²) in [4.78, 5) is 0. The molecule has 1 aromatic carbocycles. The molecule has 0 aliphatic rings. The minimum Gasteiger partial charge on any atom is -0.246 e. The first-order chi connectivity index (χ1) is 5.27. The van der Waals surface area contributed by atoms with Crippen LogP contribution < -0.4 is 0 Å². The van der Waals surface area contributed by atoms with Crippen molar-refractivity contribution in [1.29, 1.82) is 5.26 Å². The number of halogens is 2. The molecule has 0 saturated carbocycles. The van der Waals surface area contributed by atoms with E-state index >= 15 is 0 Å². The lowest BCUT2D eigenvalue weighted by Gasteiger charge is -1.95. The van der Waals surface area contributed by atoms with Gasteiger partial charge >= 0.3 is 0 Å². The first kappa shape index (κ1) is 7.67. The molecule has 0 aliphatic carbocycles. The van der Waals surface area contributed by atoms with Gasteiger partial charge in [-0.2, -0.15) is 5.26 Å². The van der Waals surface area contributed by atoms with E-state index < -0.39 is 12.5 Å². The third-order valence-corrected chi connectivity index (χ3v) is 1.31. The normalized spacial score (nSPS) is 9.18. The summed E-state index contributed by atoms with van der Waals surface area (Å²) < 4.78 is 24.5. The van der Waals surface area contributed by atoms with Crippen molar-refractivity contribution >= 4 is 0 Å². The van der Waals surface area contributed by atoms with Gasteiger partial charge in [0.05, 0.1) is 5.56 Å². The molecular formula is C8H5F2N. The fourth-order valence-electron chi connectivity index (χ4n) is 0.741. The van der Waals surface area contributed by atoms with Crippen molar-refractivity contribution in [2.75, 3.05) is 0 Å². The largest absolute Gasteiger partial charge is 0.246 e. The van der Waals surface area contributed by atoms with E-state index in [0.29, 0.717) is 5.56 Å². The quantitative estimate of drug-likeness (QED) is 0.606. The molecule has 0 fully saturated rings. The van der Waals surface area contributed by atoms with Gasteiger partial charge in [-0.1, -0.05) is 6.07 Å². The standard InChI is InChI=1S/C8H5F2N/c9-4-6-1-2-8(10)7(3-6)5-11/h1-3H,4H2. The lowest BCUT2D eigenvalue weighted by molar-refractivity contribution is 0.484. The maximum absolute atomic E-state index is 12.6. The van der Waals surface area contributed by atoms with Crippen LogP contribution in [0, 0.1) is 17.1 Å². The summed E-state index contributed by atoms with van der Waals surface area (Å²) in [6, 6.07) is 5.24. The van der Waals surface area contributed by atoms with Crippen LogP contribution in [0.1, 0.15) is 11.1 Å². The van der Waals surface area contributed by atoms with Gasteiger partial charge < -0.3 is 0 Å². The van der Waals surface area contributed by atoms with Crippen LogP contribution in [0.5, 0.6) is 0 Å². The summed E-state index contributed by atoms with van der Waals surface area (Å²) in [7, 11) is 0. The third-order valence-electron chi connectivity index (χ3n) is 1.31. The number of alkyl halides is 1. The number of nitrogens with zero attached hydrogens (tertiary/aromatic N) is 1. The fraction of sp³-hybridized carbons (Fsp3) is 0.125. The van der Waals surface area contributed by atoms with Crippen LogP contribution in [0.25, 0.3) is 0 Å². The van der Waals surface area contributed by atoms with Gasteiger partial charge in [-0.15, -0.1) is 0 Å². The smallest absolute Gasteiger partial charge is 0.140 e. The molecule has 1 aromatic rings. The Morgan fingerprint density at radius 1 is 1.45 bits per heavy atom. The van der Waals surface area contributed by atoms with Gasteiger partial charge in [0, 0.05) is 0 Å². The molecule has 0 aliphatic heterocycles. The van der Waals surface area contributed by atoms with Gasteiger partial charge in [0.1, 0.15) is 18.6 Å². The van der Waals surface area contributed by atoms with E-state index in [2.05, 4.69) is 0 Å². The molecule has 1 nitrogen and oxygen atoms in total. The minimum atomic E-state index is -0.672. The lowest BCUT2D eigenvalue weighted by atomic mass is 10.1. The molecule has 0 aromatic heterocycles. The predicted molar refractivity (Wildman–Crippen MR) is 35.9 cm³/mol. The van der Waals surface area contributed by atoms with E-state index in [-0.39, 0.29) is 5.56 Å². The number of nitriles is 1. The summed E-state index contributed by atoms with van der Waals surface area (Å²) in [6.45, 7) is -0.672. The SMILES string of the molecule is N#Cc1cc(CF)ccc1F. The Morgan fingerprint density at radius 3 is 2.73 bits per heavy atom. The minimum absolute atomic E-state index is 0.111. The average Bonchev–Trinajstić information content (AvgIpc) is 2.05. The highest BCUT2D eigenvalue weighted by molar-refractivity contribution is 5.33. The summed E-state index contributed by atoms with van der Waals surface area (Å²) in [5, 5.41) is 8.33. The van der Waals surface area contributed by atoms with Crippen molar-refractivity contribution in [2.45, 2.75) is 6.67 Å². The topological polar surface area (TPSA) is 23.8 Å².